The van der Waals surface area contributed by atoms with Gasteiger partial charge in [0, 0.05) is 23.9 Å². The van der Waals surface area contributed by atoms with Gasteiger partial charge in [0.05, 0.1) is 17.6 Å². The minimum absolute atomic E-state index is 0.0309. The highest BCUT2D eigenvalue weighted by molar-refractivity contribution is 5.77. The topological polar surface area (TPSA) is 42.4 Å². The number of esters is 1. The van der Waals surface area contributed by atoms with Gasteiger partial charge in [0.25, 0.3) is 0 Å². The van der Waals surface area contributed by atoms with Crippen LogP contribution in [-0.4, -0.2) is 41.6 Å². The van der Waals surface area contributed by atoms with Crippen molar-refractivity contribution in [1.82, 2.24) is 9.88 Å². The molecule has 1 fully saturated rings. The molecule has 2 heterocycles. The van der Waals surface area contributed by atoms with Gasteiger partial charge in [0.15, 0.2) is 0 Å². The number of piperidine rings is 1. The minimum Gasteiger partial charge on any atom is -0.466 e. The first-order chi connectivity index (χ1) is 15.1. The number of hydrogen-bond donors (Lipinski definition) is 0. The number of likely N-dealkylation sites (tertiary alicyclic amines) is 1. The third kappa shape index (κ3) is 5.68. The highest BCUT2D eigenvalue weighted by Crippen LogP contribution is 2.41. The number of carbonyl (C=O) groups excluding carboxylic acids is 1. The summed E-state index contributed by atoms with van der Waals surface area (Å²) < 4.78 is 46.0. The van der Waals surface area contributed by atoms with Crippen molar-refractivity contribution >= 4 is 5.97 Å². The number of pyridine rings is 1. The zero-order valence-electron chi connectivity index (χ0n) is 18.9. The molecule has 1 aliphatic rings. The lowest BCUT2D eigenvalue weighted by Crippen LogP contribution is -2.49. The maximum Gasteiger partial charge on any atom is 0.416 e. The second-order valence-corrected chi connectivity index (χ2v) is 8.69. The van der Waals surface area contributed by atoms with Crippen LogP contribution in [0.1, 0.15) is 49.2 Å². The number of hydrogen-bond acceptors (Lipinski definition) is 4. The van der Waals surface area contributed by atoms with Gasteiger partial charge in [0.2, 0.25) is 0 Å². The fourth-order valence-electron chi connectivity index (χ4n) is 4.59. The molecule has 1 saturated heterocycles. The minimum atomic E-state index is -4.46. The Morgan fingerprint density at radius 2 is 1.84 bits per heavy atom. The van der Waals surface area contributed by atoms with Crippen molar-refractivity contribution in [3.63, 3.8) is 0 Å². The maximum atomic E-state index is 13.5. The number of nitrogens with zero attached hydrogens (tertiary/aromatic N) is 2. The van der Waals surface area contributed by atoms with Crippen LogP contribution in [0.2, 0.25) is 0 Å². The Labute approximate surface area is 187 Å². The quantitative estimate of drug-likeness (QED) is 0.544. The summed E-state index contributed by atoms with van der Waals surface area (Å²) in [6.07, 6.45) is -2.72. The fourth-order valence-corrected chi connectivity index (χ4v) is 4.59. The van der Waals surface area contributed by atoms with Gasteiger partial charge < -0.3 is 9.64 Å². The lowest BCUT2D eigenvalue weighted by atomic mass is 9.72. The van der Waals surface area contributed by atoms with E-state index in [0.717, 1.165) is 23.9 Å². The van der Waals surface area contributed by atoms with Crippen LogP contribution in [-0.2, 0) is 28.5 Å². The Hall–Kier alpha value is -2.41. The molecule has 1 atom stereocenters. The normalized spacial score (nSPS) is 17.7. The Balaban J connectivity index is 1.76. The van der Waals surface area contributed by atoms with Crippen LogP contribution in [0.3, 0.4) is 0 Å². The predicted molar refractivity (Wildman–Crippen MR) is 117 cm³/mol. The number of carbonyl (C=O) groups is 1. The molecule has 0 aliphatic carbocycles. The number of ether oxygens (including phenoxy) is 1. The Morgan fingerprint density at radius 3 is 2.47 bits per heavy atom. The van der Waals surface area contributed by atoms with Crippen LogP contribution in [0, 0.1) is 12.3 Å². The molecule has 4 nitrogen and oxygen atoms in total. The van der Waals surface area contributed by atoms with Gasteiger partial charge in [-0.05, 0) is 76.9 Å². The van der Waals surface area contributed by atoms with E-state index in [2.05, 4.69) is 16.8 Å². The first-order valence-electron chi connectivity index (χ1n) is 11.1. The Morgan fingerprint density at radius 1 is 1.16 bits per heavy atom. The van der Waals surface area contributed by atoms with Crippen LogP contribution >= 0.6 is 0 Å². The van der Waals surface area contributed by atoms with Crippen molar-refractivity contribution in [1.29, 1.82) is 0 Å². The van der Waals surface area contributed by atoms with Crippen molar-refractivity contribution in [2.75, 3.05) is 19.7 Å². The smallest absolute Gasteiger partial charge is 0.416 e. The standard InChI is InChI=1S/C25H31F3N2O2/c1-4-32-23(31)24(17-20-9-5-6-11-22(20)25(26,27)28)12-14-30(15-13-24)19(3)16-21-10-7-8-18(2)29-21/h5-11,19H,4,12-17H2,1-3H3/t19-/m0/s1. The number of aryl methyl sites for hydroxylation is 1. The van der Waals surface area contributed by atoms with Gasteiger partial charge in [-0.2, -0.15) is 13.2 Å². The van der Waals surface area contributed by atoms with E-state index in [4.69, 9.17) is 4.74 Å². The molecule has 0 unspecified atom stereocenters. The van der Waals surface area contributed by atoms with E-state index in [1.807, 2.05) is 25.1 Å². The highest BCUT2D eigenvalue weighted by atomic mass is 19.4. The fraction of sp³-hybridized carbons (Fsp3) is 0.520. The van der Waals surface area contributed by atoms with Crippen molar-refractivity contribution in [2.45, 2.75) is 58.7 Å². The van der Waals surface area contributed by atoms with Crippen molar-refractivity contribution in [2.24, 2.45) is 5.41 Å². The maximum absolute atomic E-state index is 13.5. The molecule has 2 aromatic rings. The lowest BCUT2D eigenvalue weighted by Gasteiger charge is -2.42. The van der Waals surface area contributed by atoms with Gasteiger partial charge in [0.1, 0.15) is 0 Å². The summed E-state index contributed by atoms with van der Waals surface area (Å²) in [5, 5.41) is 0. The van der Waals surface area contributed by atoms with Crippen LogP contribution < -0.4 is 0 Å². The largest absolute Gasteiger partial charge is 0.466 e. The Bertz CT molecular complexity index is 921. The summed E-state index contributed by atoms with van der Waals surface area (Å²) in [6, 6.07) is 11.7. The summed E-state index contributed by atoms with van der Waals surface area (Å²) in [5.74, 6) is -0.398. The molecule has 174 valence electrons. The summed E-state index contributed by atoms with van der Waals surface area (Å²) >= 11 is 0. The first kappa shape index (κ1) is 24.2. The molecular formula is C25H31F3N2O2. The van der Waals surface area contributed by atoms with E-state index < -0.39 is 23.1 Å². The zero-order chi connectivity index (χ0) is 23.4. The molecule has 0 spiro atoms. The monoisotopic (exact) mass is 448 g/mol. The third-order valence-corrected chi connectivity index (χ3v) is 6.39. The molecular weight excluding hydrogens is 417 g/mol. The molecule has 0 amide bonds. The van der Waals surface area contributed by atoms with Crippen LogP contribution in [0.4, 0.5) is 13.2 Å². The number of rotatable bonds is 7. The van der Waals surface area contributed by atoms with Gasteiger partial charge in [-0.3, -0.25) is 9.78 Å². The SMILES string of the molecule is CCOC(=O)C1(Cc2ccccc2C(F)(F)F)CCN([C@@H](C)Cc2cccc(C)n2)CC1. The van der Waals surface area contributed by atoms with Crippen molar-refractivity contribution in [3.8, 4) is 0 Å². The van der Waals surface area contributed by atoms with Gasteiger partial charge >= 0.3 is 12.1 Å². The van der Waals surface area contributed by atoms with E-state index in [1.165, 1.54) is 12.1 Å². The summed E-state index contributed by atoms with van der Waals surface area (Å²) in [6.45, 7) is 7.27. The molecule has 32 heavy (non-hydrogen) atoms. The molecule has 0 N–H and O–H groups in total. The second-order valence-electron chi connectivity index (χ2n) is 8.69. The summed E-state index contributed by atoms with van der Waals surface area (Å²) in [4.78, 5) is 19.8. The van der Waals surface area contributed by atoms with E-state index in [1.54, 1.807) is 13.0 Å². The van der Waals surface area contributed by atoms with Crippen molar-refractivity contribution < 1.29 is 22.7 Å². The predicted octanol–water partition coefficient (Wildman–Crippen LogP) is 5.23. The number of halogens is 3. The van der Waals surface area contributed by atoms with E-state index >= 15 is 0 Å². The molecule has 7 heteroatoms. The zero-order valence-corrected chi connectivity index (χ0v) is 18.9. The molecule has 0 radical (unpaired) electrons. The molecule has 1 aliphatic heterocycles. The average molecular weight is 449 g/mol. The van der Waals surface area contributed by atoms with Gasteiger partial charge in [-0.1, -0.05) is 24.3 Å². The average Bonchev–Trinajstić information content (AvgIpc) is 2.74. The number of aromatic nitrogens is 1. The number of benzene rings is 1. The molecule has 3 rings (SSSR count). The van der Waals surface area contributed by atoms with E-state index in [-0.39, 0.29) is 24.6 Å². The summed E-state index contributed by atoms with van der Waals surface area (Å²) in [7, 11) is 0. The first-order valence-corrected chi connectivity index (χ1v) is 11.1. The lowest BCUT2D eigenvalue weighted by molar-refractivity contribution is -0.159. The molecule has 1 aromatic heterocycles. The van der Waals surface area contributed by atoms with E-state index in [9.17, 15) is 18.0 Å². The Kier molecular flexibility index (Phi) is 7.59. The summed E-state index contributed by atoms with van der Waals surface area (Å²) in [5.41, 5.74) is 0.509. The van der Waals surface area contributed by atoms with Gasteiger partial charge in [-0.25, -0.2) is 0 Å². The molecule has 1 aromatic carbocycles. The van der Waals surface area contributed by atoms with Crippen LogP contribution in [0.15, 0.2) is 42.5 Å². The number of alkyl halides is 3. The van der Waals surface area contributed by atoms with Crippen LogP contribution in [0.25, 0.3) is 0 Å². The third-order valence-electron chi connectivity index (χ3n) is 6.39. The van der Waals surface area contributed by atoms with Crippen LogP contribution in [0.5, 0.6) is 0 Å². The van der Waals surface area contributed by atoms with Crippen molar-refractivity contribution in [3.05, 3.63) is 65.0 Å². The van der Waals surface area contributed by atoms with Gasteiger partial charge in [-0.15, -0.1) is 0 Å². The highest BCUT2D eigenvalue weighted by Gasteiger charge is 2.45. The molecule has 0 saturated carbocycles. The molecule has 0 bridgehead atoms. The second kappa shape index (κ2) is 10.0. The van der Waals surface area contributed by atoms with E-state index in [0.29, 0.717) is 25.9 Å².